The van der Waals surface area contributed by atoms with Crippen molar-refractivity contribution in [3.05, 3.63) is 48.2 Å². The van der Waals surface area contributed by atoms with Crippen LogP contribution in [0.2, 0.25) is 0 Å². The van der Waals surface area contributed by atoms with Crippen LogP contribution in [0, 0.1) is 5.82 Å². The van der Waals surface area contributed by atoms with Gasteiger partial charge in [0, 0.05) is 38.3 Å². The van der Waals surface area contributed by atoms with Gasteiger partial charge in [0.25, 0.3) is 10.0 Å². The first kappa shape index (κ1) is 18.8. The molecule has 1 N–H and O–H groups in total. The predicted octanol–water partition coefficient (Wildman–Crippen LogP) is 2.34. The molecule has 0 radical (unpaired) electrons. The van der Waals surface area contributed by atoms with Gasteiger partial charge in [-0.15, -0.1) is 0 Å². The maximum Gasteiger partial charge on any atom is 0.269 e. The SMILES string of the molecule is CC(C)c1nc2c(N3CCNCC3)nccc2n1S(=O)(=O)c1cccc(F)c1. The monoisotopic (exact) mass is 403 g/mol. The van der Waals surface area contributed by atoms with Crippen LogP contribution in [-0.2, 0) is 10.0 Å². The van der Waals surface area contributed by atoms with E-state index in [1.807, 2.05) is 13.8 Å². The molecule has 3 aromatic rings. The van der Waals surface area contributed by atoms with Gasteiger partial charge >= 0.3 is 0 Å². The quantitative estimate of drug-likeness (QED) is 0.720. The van der Waals surface area contributed by atoms with Crippen molar-refractivity contribution in [3.63, 3.8) is 0 Å². The van der Waals surface area contributed by atoms with Crippen molar-refractivity contribution >= 4 is 26.9 Å². The lowest BCUT2D eigenvalue weighted by Gasteiger charge is -2.28. The van der Waals surface area contributed by atoms with Crippen molar-refractivity contribution in [1.29, 1.82) is 0 Å². The first-order valence-corrected chi connectivity index (χ1v) is 10.7. The zero-order valence-corrected chi connectivity index (χ0v) is 16.6. The minimum atomic E-state index is -4.01. The molecule has 148 valence electrons. The van der Waals surface area contributed by atoms with Gasteiger partial charge < -0.3 is 10.2 Å². The number of hydrogen-bond donors (Lipinski definition) is 1. The molecular weight excluding hydrogens is 381 g/mol. The van der Waals surface area contributed by atoms with E-state index in [4.69, 9.17) is 0 Å². The van der Waals surface area contributed by atoms with Crippen LogP contribution in [-0.4, -0.2) is 48.5 Å². The number of benzene rings is 1. The zero-order valence-electron chi connectivity index (χ0n) is 15.8. The zero-order chi connectivity index (χ0) is 19.9. The third kappa shape index (κ3) is 3.14. The second-order valence-electron chi connectivity index (χ2n) is 7.09. The maximum atomic E-state index is 13.7. The fraction of sp³-hybridized carbons (Fsp3) is 0.368. The molecule has 1 aromatic carbocycles. The number of pyridine rings is 1. The number of imidazole rings is 1. The molecule has 28 heavy (non-hydrogen) atoms. The number of anilines is 1. The van der Waals surface area contributed by atoms with Crippen LogP contribution in [0.1, 0.15) is 25.6 Å². The Bertz CT molecular complexity index is 1120. The smallest absolute Gasteiger partial charge is 0.269 e. The molecule has 1 fully saturated rings. The van der Waals surface area contributed by atoms with Crippen LogP contribution in [0.3, 0.4) is 0 Å². The van der Waals surface area contributed by atoms with Crippen LogP contribution in [0.4, 0.5) is 10.2 Å². The third-order valence-corrected chi connectivity index (χ3v) is 6.52. The van der Waals surface area contributed by atoms with Crippen LogP contribution >= 0.6 is 0 Å². The number of hydrogen-bond acceptors (Lipinski definition) is 6. The van der Waals surface area contributed by atoms with E-state index in [0.29, 0.717) is 22.7 Å². The Morgan fingerprint density at radius 3 is 2.61 bits per heavy atom. The molecule has 0 atom stereocenters. The molecule has 0 aliphatic carbocycles. The Hall–Kier alpha value is -2.52. The third-order valence-electron chi connectivity index (χ3n) is 4.80. The number of rotatable bonds is 4. The highest BCUT2D eigenvalue weighted by Crippen LogP contribution is 2.31. The van der Waals surface area contributed by atoms with Gasteiger partial charge in [-0.1, -0.05) is 19.9 Å². The van der Waals surface area contributed by atoms with Crippen LogP contribution in [0.25, 0.3) is 11.0 Å². The summed E-state index contributed by atoms with van der Waals surface area (Å²) in [4.78, 5) is 11.2. The van der Waals surface area contributed by atoms with E-state index in [1.165, 1.54) is 22.2 Å². The molecule has 0 amide bonds. The molecule has 0 saturated carbocycles. The highest BCUT2D eigenvalue weighted by atomic mass is 32.2. The fourth-order valence-electron chi connectivity index (χ4n) is 3.44. The maximum absolute atomic E-state index is 13.7. The summed E-state index contributed by atoms with van der Waals surface area (Å²) in [6.07, 6.45) is 1.60. The fourth-order valence-corrected chi connectivity index (χ4v) is 5.07. The molecule has 9 heteroatoms. The molecule has 0 spiro atoms. The average Bonchev–Trinajstić information content (AvgIpc) is 3.09. The lowest BCUT2D eigenvalue weighted by Crippen LogP contribution is -2.44. The molecule has 0 unspecified atom stereocenters. The van der Waals surface area contributed by atoms with Crippen molar-refractivity contribution in [2.75, 3.05) is 31.1 Å². The Kier molecular flexibility index (Phi) is 4.80. The molecule has 2 aromatic heterocycles. The summed E-state index contributed by atoms with van der Waals surface area (Å²) in [5.74, 6) is 0.337. The average molecular weight is 403 g/mol. The standard InChI is InChI=1S/C19H22FN5O2S/c1-13(2)18-23-17-16(6-7-22-19(17)24-10-8-21-9-11-24)25(18)28(26,27)15-5-3-4-14(20)12-15/h3-7,12-13,21H,8-11H2,1-2H3. The number of aromatic nitrogens is 3. The number of nitrogens with zero attached hydrogens (tertiary/aromatic N) is 4. The van der Waals surface area contributed by atoms with E-state index >= 15 is 0 Å². The van der Waals surface area contributed by atoms with Gasteiger partial charge in [-0.2, -0.15) is 0 Å². The van der Waals surface area contributed by atoms with Crippen molar-refractivity contribution < 1.29 is 12.8 Å². The van der Waals surface area contributed by atoms with Gasteiger partial charge in [0.15, 0.2) is 5.82 Å². The lowest BCUT2D eigenvalue weighted by molar-refractivity contribution is 0.579. The molecule has 4 rings (SSSR count). The summed E-state index contributed by atoms with van der Waals surface area (Å²) < 4.78 is 41.7. The summed E-state index contributed by atoms with van der Waals surface area (Å²) in [5, 5.41) is 3.29. The molecule has 0 bridgehead atoms. The van der Waals surface area contributed by atoms with Gasteiger partial charge in [0.05, 0.1) is 10.4 Å². The molecule has 3 heterocycles. The Morgan fingerprint density at radius 1 is 1.18 bits per heavy atom. The highest BCUT2D eigenvalue weighted by molar-refractivity contribution is 7.90. The van der Waals surface area contributed by atoms with E-state index in [-0.39, 0.29) is 10.8 Å². The van der Waals surface area contributed by atoms with Gasteiger partial charge in [-0.3, -0.25) is 0 Å². The van der Waals surface area contributed by atoms with E-state index in [2.05, 4.69) is 20.2 Å². The van der Waals surface area contributed by atoms with Crippen molar-refractivity contribution in [1.82, 2.24) is 19.3 Å². The van der Waals surface area contributed by atoms with Crippen LogP contribution < -0.4 is 10.2 Å². The Labute approximate surface area is 163 Å². The Morgan fingerprint density at radius 2 is 1.93 bits per heavy atom. The van der Waals surface area contributed by atoms with Crippen LogP contribution in [0.15, 0.2) is 41.4 Å². The summed E-state index contributed by atoms with van der Waals surface area (Å²) in [6.45, 7) is 6.97. The van der Waals surface area contributed by atoms with Crippen molar-refractivity contribution in [3.8, 4) is 0 Å². The molecule has 1 aliphatic heterocycles. The molecule has 1 aliphatic rings. The van der Waals surface area contributed by atoms with Crippen LogP contribution in [0.5, 0.6) is 0 Å². The van der Waals surface area contributed by atoms with E-state index in [0.717, 1.165) is 32.2 Å². The lowest BCUT2D eigenvalue weighted by atomic mass is 10.2. The molecule has 7 nitrogen and oxygen atoms in total. The summed E-state index contributed by atoms with van der Waals surface area (Å²) in [6, 6.07) is 6.69. The summed E-state index contributed by atoms with van der Waals surface area (Å²) in [7, 11) is -4.01. The normalized spacial score (nSPS) is 15.5. The van der Waals surface area contributed by atoms with Gasteiger partial charge in [-0.05, 0) is 24.3 Å². The first-order valence-electron chi connectivity index (χ1n) is 9.24. The summed E-state index contributed by atoms with van der Waals surface area (Å²) >= 11 is 0. The van der Waals surface area contributed by atoms with E-state index < -0.39 is 15.8 Å². The van der Waals surface area contributed by atoms with Gasteiger partial charge in [0.1, 0.15) is 17.2 Å². The highest BCUT2D eigenvalue weighted by Gasteiger charge is 2.28. The topological polar surface area (TPSA) is 80.1 Å². The number of nitrogens with one attached hydrogen (secondary N) is 1. The predicted molar refractivity (Wildman–Crippen MR) is 106 cm³/mol. The van der Waals surface area contributed by atoms with E-state index in [1.54, 1.807) is 12.3 Å². The summed E-state index contributed by atoms with van der Waals surface area (Å²) in [5.41, 5.74) is 1.00. The Balaban J connectivity index is 1.96. The minimum absolute atomic E-state index is 0.103. The first-order chi connectivity index (χ1) is 13.4. The largest absolute Gasteiger partial charge is 0.352 e. The molecule has 1 saturated heterocycles. The second-order valence-corrected chi connectivity index (χ2v) is 8.88. The van der Waals surface area contributed by atoms with Gasteiger partial charge in [-0.25, -0.2) is 26.7 Å². The van der Waals surface area contributed by atoms with Crippen molar-refractivity contribution in [2.24, 2.45) is 0 Å². The second kappa shape index (κ2) is 7.14. The number of halogens is 1. The number of piperazine rings is 1. The molecular formula is C19H22FN5O2S. The van der Waals surface area contributed by atoms with E-state index in [9.17, 15) is 12.8 Å². The van der Waals surface area contributed by atoms with Gasteiger partial charge in [0.2, 0.25) is 0 Å². The minimum Gasteiger partial charge on any atom is -0.352 e. The number of fused-ring (bicyclic) bond motifs is 1. The van der Waals surface area contributed by atoms with Crippen molar-refractivity contribution in [2.45, 2.75) is 24.7 Å².